The first-order chi connectivity index (χ1) is 12.6. The van der Waals surface area contributed by atoms with Crippen molar-refractivity contribution < 1.29 is 14.3 Å². The van der Waals surface area contributed by atoms with Crippen molar-refractivity contribution in [1.82, 2.24) is 20.2 Å². The Labute approximate surface area is 152 Å². The van der Waals surface area contributed by atoms with Crippen LogP contribution in [0.1, 0.15) is 45.2 Å². The van der Waals surface area contributed by atoms with E-state index in [4.69, 9.17) is 9.47 Å². The molecule has 1 atom stereocenters. The highest BCUT2D eigenvalue weighted by molar-refractivity contribution is 5.96. The minimum Gasteiger partial charge on any atom is -0.493 e. The van der Waals surface area contributed by atoms with Crippen molar-refractivity contribution in [1.29, 1.82) is 0 Å². The monoisotopic (exact) mass is 357 g/mol. The Kier molecular flexibility index (Phi) is 5.20. The quantitative estimate of drug-likeness (QED) is 0.762. The van der Waals surface area contributed by atoms with E-state index >= 15 is 0 Å². The average Bonchev–Trinajstić information content (AvgIpc) is 3.08. The molecule has 0 saturated heterocycles. The maximum absolute atomic E-state index is 12.3. The molecule has 3 rings (SSSR count). The molecule has 0 fully saturated rings. The highest BCUT2D eigenvalue weighted by Gasteiger charge is 2.32. The molecule has 1 unspecified atom stereocenters. The fraction of sp³-hybridized carbons (Fsp3) is 0.444. The molecule has 138 valence electrons. The Balaban J connectivity index is 2.03. The van der Waals surface area contributed by atoms with Gasteiger partial charge in [-0.05, 0) is 48.4 Å². The first-order valence-corrected chi connectivity index (χ1v) is 8.64. The van der Waals surface area contributed by atoms with Crippen molar-refractivity contribution in [2.45, 2.75) is 39.7 Å². The zero-order valence-corrected chi connectivity index (χ0v) is 15.4. The molecule has 2 heterocycles. The van der Waals surface area contributed by atoms with E-state index in [1.54, 1.807) is 18.7 Å². The molecule has 1 aliphatic heterocycles. The lowest BCUT2D eigenvalue weighted by molar-refractivity contribution is -0.114. The van der Waals surface area contributed by atoms with Gasteiger partial charge in [-0.1, -0.05) is 24.5 Å². The number of Topliss-reactive ketones (excluding diaryl/α,β-unsaturated/α-hetero) is 1. The van der Waals surface area contributed by atoms with Gasteiger partial charge in [0.1, 0.15) is 6.04 Å². The molecule has 1 aromatic heterocycles. The van der Waals surface area contributed by atoms with E-state index < -0.39 is 6.04 Å². The van der Waals surface area contributed by atoms with Gasteiger partial charge in [0.2, 0.25) is 5.95 Å². The maximum atomic E-state index is 12.3. The Hall–Kier alpha value is -2.90. The standard InChI is InChI=1S/C18H23N5O3/c1-5-6-9-26-14-8-7-13(10-15(14)25-4)17-16(12(3)24)11(2)19-18-20-21-22-23(17)18/h7-8,10,17H,5-6,9H2,1-4H3,(H,19,20,22). The van der Waals surface area contributed by atoms with Gasteiger partial charge in [0, 0.05) is 11.3 Å². The highest BCUT2D eigenvalue weighted by atomic mass is 16.5. The van der Waals surface area contributed by atoms with Crippen LogP contribution in [0.2, 0.25) is 0 Å². The summed E-state index contributed by atoms with van der Waals surface area (Å²) in [5.41, 5.74) is 2.21. The van der Waals surface area contributed by atoms with Crippen molar-refractivity contribution in [3.05, 3.63) is 35.0 Å². The van der Waals surface area contributed by atoms with Gasteiger partial charge in [-0.3, -0.25) is 4.79 Å². The van der Waals surface area contributed by atoms with Crippen molar-refractivity contribution in [2.75, 3.05) is 19.0 Å². The minimum absolute atomic E-state index is 0.0385. The smallest absolute Gasteiger partial charge is 0.248 e. The summed E-state index contributed by atoms with van der Waals surface area (Å²) in [6.45, 7) is 6.14. The van der Waals surface area contributed by atoms with Crippen LogP contribution in [-0.4, -0.2) is 39.7 Å². The van der Waals surface area contributed by atoms with E-state index in [-0.39, 0.29) is 5.78 Å². The topological polar surface area (TPSA) is 91.2 Å². The lowest BCUT2D eigenvalue weighted by Gasteiger charge is -2.27. The maximum Gasteiger partial charge on any atom is 0.248 e. The first-order valence-electron chi connectivity index (χ1n) is 8.64. The second-order valence-corrected chi connectivity index (χ2v) is 6.18. The van der Waals surface area contributed by atoms with E-state index in [1.807, 2.05) is 25.1 Å². The number of hydrogen-bond acceptors (Lipinski definition) is 7. The van der Waals surface area contributed by atoms with Gasteiger partial charge >= 0.3 is 0 Å². The third-order valence-corrected chi connectivity index (χ3v) is 4.35. The zero-order valence-electron chi connectivity index (χ0n) is 15.4. The Morgan fingerprint density at radius 2 is 2.15 bits per heavy atom. The number of allylic oxidation sites excluding steroid dienone is 2. The summed E-state index contributed by atoms with van der Waals surface area (Å²) in [6, 6.07) is 5.24. The highest BCUT2D eigenvalue weighted by Crippen LogP contribution is 2.38. The van der Waals surface area contributed by atoms with Crippen LogP contribution in [0.25, 0.3) is 0 Å². The summed E-state index contributed by atoms with van der Waals surface area (Å²) >= 11 is 0. The number of tetrazole rings is 1. The Morgan fingerprint density at radius 1 is 1.35 bits per heavy atom. The van der Waals surface area contributed by atoms with Gasteiger partial charge in [0.05, 0.1) is 13.7 Å². The molecule has 8 heteroatoms. The number of nitrogens with one attached hydrogen (secondary N) is 1. The molecule has 0 bridgehead atoms. The molecule has 0 radical (unpaired) electrons. The number of anilines is 1. The minimum atomic E-state index is -0.419. The number of aromatic nitrogens is 4. The van der Waals surface area contributed by atoms with E-state index in [0.717, 1.165) is 24.1 Å². The molecular weight excluding hydrogens is 334 g/mol. The van der Waals surface area contributed by atoms with E-state index in [0.29, 0.717) is 29.6 Å². The lowest BCUT2D eigenvalue weighted by atomic mass is 9.93. The summed E-state index contributed by atoms with van der Waals surface area (Å²) in [5, 5.41) is 14.8. The van der Waals surface area contributed by atoms with Crippen molar-refractivity contribution in [3.63, 3.8) is 0 Å². The number of hydrogen-bond donors (Lipinski definition) is 1. The van der Waals surface area contributed by atoms with Crippen LogP contribution in [-0.2, 0) is 4.79 Å². The van der Waals surface area contributed by atoms with Crippen molar-refractivity contribution in [2.24, 2.45) is 0 Å². The van der Waals surface area contributed by atoms with Gasteiger partial charge < -0.3 is 14.8 Å². The van der Waals surface area contributed by atoms with Gasteiger partial charge in [-0.2, -0.15) is 4.68 Å². The van der Waals surface area contributed by atoms with Gasteiger partial charge in [-0.25, -0.2) is 0 Å². The van der Waals surface area contributed by atoms with Crippen LogP contribution in [0.5, 0.6) is 11.5 Å². The molecule has 2 aromatic rings. The number of rotatable bonds is 7. The zero-order chi connectivity index (χ0) is 18.7. The van der Waals surface area contributed by atoms with Crippen LogP contribution >= 0.6 is 0 Å². The number of ether oxygens (including phenoxy) is 2. The number of nitrogens with zero attached hydrogens (tertiary/aromatic N) is 4. The number of unbranched alkanes of at least 4 members (excludes halogenated alkanes) is 1. The van der Waals surface area contributed by atoms with Gasteiger partial charge in [-0.15, -0.1) is 0 Å². The van der Waals surface area contributed by atoms with E-state index in [1.165, 1.54) is 0 Å². The predicted molar refractivity (Wildman–Crippen MR) is 96.4 cm³/mol. The summed E-state index contributed by atoms with van der Waals surface area (Å²) < 4.78 is 12.9. The van der Waals surface area contributed by atoms with Crippen LogP contribution in [0.4, 0.5) is 5.95 Å². The summed E-state index contributed by atoms with van der Waals surface area (Å²) in [4.78, 5) is 12.3. The largest absolute Gasteiger partial charge is 0.493 e. The average molecular weight is 357 g/mol. The normalized spacial score (nSPS) is 16.1. The molecule has 0 amide bonds. The van der Waals surface area contributed by atoms with Gasteiger partial charge in [0.25, 0.3) is 0 Å². The molecule has 1 aromatic carbocycles. The Bertz CT molecular complexity index is 843. The second kappa shape index (κ2) is 7.55. The second-order valence-electron chi connectivity index (χ2n) is 6.18. The summed E-state index contributed by atoms with van der Waals surface area (Å²) in [6.07, 6.45) is 2.03. The van der Waals surface area contributed by atoms with E-state index in [2.05, 4.69) is 27.8 Å². The van der Waals surface area contributed by atoms with Crippen LogP contribution in [0, 0.1) is 0 Å². The number of carbonyl (C=O) groups is 1. The molecular formula is C18H23N5O3. The van der Waals surface area contributed by atoms with Crippen molar-refractivity contribution >= 4 is 11.7 Å². The summed E-state index contributed by atoms with van der Waals surface area (Å²) in [7, 11) is 1.60. The van der Waals surface area contributed by atoms with Crippen LogP contribution in [0.3, 0.4) is 0 Å². The SMILES string of the molecule is CCCCOc1ccc(C2C(C(C)=O)=C(C)Nc3nnnn32)cc1OC. The first kappa shape index (κ1) is 17.9. The molecule has 0 aliphatic carbocycles. The number of benzene rings is 1. The number of ketones is 1. The van der Waals surface area contributed by atoms with Crippen LogP contribution in [0.15, 0.2) is 29.5 Å². The third kappa shape index (κ3) is 3.26. The fourth-order valence-electron chi connectivity index (χ4n) is 3.08. The number of methoxy groups -OCH3 is 1. The predicted octanol–water partition coefficient (Wildman–Crippen LogP) is 2.74. The lowest BCUT2D eigenvalue weighted by Crippen LogP contribution is -2.27. The molecule has 26 heavy (non-hydrogen) atoms. The molecule has 0 saturated carbocycles. The summed E-state index contributed by atoms with van der Waals surface area (Å²) in [5.74, 6) is 1.76. The van der Waals surface area contributed by atoms with Crippen LogP contribution < -0.4 is 14.8 Å². The molecule has 0 spiro atoms. The van der Waals surface area contributed by atoms with E-state index in [9.17, 15) is 4.79 Å². The van der Waals surface area contributed by atoms with Crippen molar-refractivity contribution in [3.8, 4) is 11.5 Å². The molecule has 1 N–H and O–H groups in total. The fourth-order valence-corrected chi connectivity index (χ4v) is 3.08. The molecule has 8 nitrogen and oxygen atoms in total. The number of carbonyl (C=O) groups excluding carboxylic acids is 1. The third-order valence-electron chi connectivity index (χ3n) is 4.35. The molecule has 1 aliphatic rings. The Morgan fingerprint density at radius 3 is 2.85 bits per heavy atom. The number of fused-ring (bicyclic) bond motifs is 1. The van der Waals surface area contributed by atoms with Gasteiger partial charge in [0.15, 0.2) is 17.3 Å².